The van der Waals surface area contributed by atoms with E-state index in [1.54, 1.807) is 36.7 Å². The number of hydrogen-bond donors (Lipinski definition) is 1. The van der Waals surface area contributed by atoms with E-state index >= 15 is 0 Å². The maximum atomic E-state index is 12.8. The topological polar surface area (TPSA) is 76.3 Å². The van der Waals surface area contributed by atoms with E-state index in [4.69, 9.17) is 4.74 Å². The fourth-order valence-electron chi connectivity index (χ4n) is 4.20. The van der Waals surface area contributed by atoms with Crippen LogP contribution in [0.15, 0.2) is 54.9 Å². The van der Waals surface area contributed by atoms with Gasteiger partial charge in [0.15, 0.2) is 0 Å². The predicted octanol–water partition coefficient (Wildman–Crippen LogP) is 4.02. The highest BCUT2D eigenvalue weighted by Crippen LogP contribution is 2.28. The van der Waals surface area contributed by atoms with Crippen LogP contribution in [0, 0.1) is 6.92 Å². The van der Waals surface area contributed by atoms with Crippen LogP contribution in [-0.2, 0) is 6.54 Å². The summed E-state index contributed by atoms with van der Waals surface area (Å²) in [4.78, 5) is 15.5. The number of aliphatic hydroxyl groups is 1. The van der Waals surface area contributed by atoms with Crippen molar-refractivity contribution in [3.8, 4) is 16.9 Å². The van der Waals surface area contributed by atoms with Crippen molar-refractivity contribution in [2.45, 2.75) is 32.6 Å². The van der Waals surface area contributed by atoms with Crippen molar-refractivity contribution in [1.82, 2.24) is 19.5 Å². The number of benzene rings is 2. The summed E-state index contributed by atoms with van der Waals surface area (Å²) in [5, 5.41) is 9.74. The number of aliphatic hydroxyl groups excluding tert-OH is 1. The summed E-state index contributed by atoms with van der Waals surface area (Å²) in [5.74, 6) is 1.53. The zero-order chi connectivity index (χ0) is 22.9. The van der Waals surface area contributed by atoms with Crippen LogP contribution in [0.1, 0.15) is 17.8 Å². The number of hydrogen-bond acceptors (Lipinski definition) is 6. The van der Waals surface area contributed by atoms with Crippen LogP contribution in [0.4, 0.5) is 14.7 Å². The van der Waals surface area contributed by atoms with Crippen LogP contribution in [-0.4, -0.2) is 50.4 Å². The number of anilines is 1. The van der Waals surface area contributed by atoms with E-state index in [0.29, 0.717) is 24.6 Å². The molecule has 0 radical (unpaired) electrons. The molecule has 0 bridgehead atoms. The van der Waals surface area contributed by atoms with E-state index in [1.807, 2.05) is 34.6 Å². The molecule has 5 rings (SSSR count). The molecule has 0 unspecified atom stereocenters. The Morgan fingerprint density at radius 1 is 1.12 bits per heavy atom. The highest BCUT2D eigenvalue weighted by Gasteiger charge is 2.22. The SMILES string of the molecule is Cc1nc2ccc(-c3cnc(N4CC[C@H](O)C4)nc3)cc2n1Cc1ccccc1OC(F)F. The number of β-amino-alcohol motifs (C(OH)–C–C–N with tert-alkyl or cyclic N) is 1. The molecule has 1 fully saturated rings. The van der Waals surface area contributed by atoms with Gasteiger partial charge in [-0.1, -0.05) is 24.3 Å². The monoisotopic (exact) mass is 451 g/mol. The summed E-state index contributed by atoms with van der Waals surface area (Å²) in [6.45, 7) is 0.632. The highest BCUT2D eigenvalue weighted by atomic mass is 19.3. The fourth-order valence-corrected chi connectivity index (χ4v) is 4.20. The maximum absolute atomic E-state index is 12.8. The molecule has 1 aliphatic heterocycles. The van der Waals surface area contributed by atoms with Gasteiger partial charge in [0.1, 0.15) is 11.6 Å². The number of aromatic nitrogens is 4. The lowest BCUT2D eigenvalue weighted by Gasteiger charge is -2.15. The largest absolute Gasteiger partial charge is 0.434 e. The van der Waals surface area contributed by atoms with E-state index in [2.05, 4.69) is 15.0 Å². The molecule has 4 aromatic rings. The number of ether oxygens (including phenoxy) is 1. The van der Waals surface area contributed by atoms with E-state index < -0.39 is 6.61 Å². The Bertz CT molecular complexity index is 1280. The van der Waals surface area contributed by atoms with Gasteiger partial charge in [-0.15, -0.1) is 0 Å². The molecule has 1 saturated heterocycles. The molecule has 0 aliphatic carbocycles. The van der Waals surface area contributed by atoms with E-state index in [1.165, 1.54) is 0 Å². The summed E-state index contributed by atoms with van der Waals surface area (Å²) < 4.78 is 32.3. The Hall–Kier alpha value is -3.59. The van der Waals surface area contributed by atoms with Gasteiger partial charge in [-0.3, -0.25) is 0 Å². The van der Waals surface area contributed by atoms with E-state index in [-0.39, 0.29) is 11.9 Å². The van der Waals surface area contributed by atoms with Crippen molar-refractivity contribution >= 4 is 17.0 Å². The van der Waals surface area contributed by atoms with Crippen molar-refractivity contribution < 1.29 is 18.6 Å². The van der Waals surface area contributed by atoms with Gasteiger partial charge in [0.25, 0.3) is 0 Å². The van der Waals surface area contributed by atoms with Gasteiger partial charge in [0.2, 0.25) is 5.95 Å². The zero-order valence-electron chi connectivity index (χ0n) is 18.0. The second kappa shape index (κ2) is 8.74. The van der Waals surface area contributed by atoms with Gasteiger partial charge >= 0.3 is 6.61 Å². The molecule has 3 heterocycles. The van der Waals surface area contributed by atoms with Crippen molar-refractivity contribution in [2.75, 3.05) is 18.0 Å². The number of rotatable bonds is 6. The predicted molar refractivity (Wildman–Crippen MR) is 121 cm³/mol. The third kappa shape index (κ3) is 4.36. The number of halogens is 2. The quantitative estimate of drug-likeness (QED) is 0.477. The molecule has 2 aromatic carbocycles. The first-order valence-corrected chi connectivity index (χ1v) is 10.7. The molecule has 2 aromatic heterocycles. The standard InChI is InChI=1S/C24H23F2N5O2/c1-15-29-20-7-6-16(18-11-27-24(28-12-18)30-9-8-19(32)14-30)10-21(20)31(15)13-17-4-2-3-5-22(17)33-23(25)26/h2-7,10-12,19,23,32H,8-9,13-14H2,1H3/t19-/m0/s1. The van der Waals surface area contributed by atoms with Crippen molar-refractivity contribution in [1.29, 1.82) is 0 Å². The molecule has 170 valence electrons. The van der Waals surface area contributed by atoms with Crippen LogP contribution in [0.5, 0.6) is 5.75 Å². The molecular weight excluding hydrogens is 428 g/mol. The van der Waals surface area contributed by atoms with Crippen LogP contribution < -0.4 is 9.64 Å². The van der Waals surface area contributed by atoms with E-state index in [9.17, 15) is 13.9 Å². The number of alkyl halides is 2. The van der Waals surface area contributed by atoms with E-state index in [0.717, 1.165) is 41.0 Å². The second-order valence-electron chi connectivity index (χ2n) is 8.10. The molecular formula is C24H23F2N5O2. The first-order valence-electron chi connectivity index (χ1n) is 10.7. The third-order valence-electron chi connectivity index (χ3n) is 5.87. The Labute approximate surface area is 189 Å². The van der Waals surface area contributed by atoms with Crippen molar-refractivity contribution in [3.63, 3.8) is 0 Å². The number of fused-ring (bicyclic) bond motifs is 1. The zero-order valence-corrected chi connectivity index (χ0v) is 18.0. The minimum Gasteiger partial charge on any atom is -0.434 e. The van der Waals surface area contributed by atoms with Gasteiger partial charge < -0.3 is 19.3 Å². The number of nitrogens with zero attached hydrogens (tertiary/aromatic N) is 5. The molecule has 7 nitrogen and oxygen atoms in total. The average Bonchev–Trinajstić information content (AvgIpc) is 3.37. The van der Waals surface area contributed by atoms with Crippen LogP contribution in [0.2, 0.25) is 0 Å². The minimum absolute atomic E-state index is 0.154. The Morgan fingerprint density at radius 3 is 2.64 bits per heavy atom. The van der Waals surface area contributed by atoms with Crippen LogP contribution in [0.25, 0.3) is 22.2 Å². The second-order valence-corrected chi connectivity index (χ2v) is 8.10. The lowest BCUT2D eigenvalue weighted by Crippen LogP contribution is -2.23. The van der Waals surface area contributed by atoms with Crippen LogP contribution >= 0.6 is 0 Å². The van der Waals surface area contributed by atoms with Crippen molar-refractivity contribution in [3.05, 3.63) is 66.2 Å². The smallest absolute Gasteiger partial charge is 0.387 e. The fraction of sp³-hybridized carbons (Fsp3) is 0.292. The summed E-state index contributed by atoms with van der Waals surface area (Å²) in [6.07, 6.45) is 3.92. The molecule has 9 heteroatoms. The third-order valence-corrected chi connectivity index (χ3v) is 5.87. The lowest BCUT2D eigenvalue weighted by molar-refractivity contribution is -0.0504. The Kier molecular flexibility index (Phi) is 5.63. The summed E-state index contributed by atoms with van der Waals surface area (Å²) in [5.41, 5.74) is 4.11. The Balaban J connectivity index is 1.46. The lowest BCUT2D eigenvalue weighted by atomic mass is 10.1. The molecule has 0 spiro atoms. The average molecular weight is 451 g/mol. The normalized spacial score (nSPS) is 16.2. The van der Waals surface area contributed by atoms with Crippen molar-refractivity contribution in [2.24, 2.45) is 0 Å². The summed E-state index contributed by atoms with van der Waals surface area (Å²) in [7, 11) is 0. The molecule has 33 heavy (non-hydrogen) atoms. The van der Waals surface area contributed by atoms with Gasteiger partial charge in [0, 0.05) is 36.6 Å². The number of aryl methyl sites for hydroxylation is 1. The van der Waals surface area contributed by atoms with Gasteiger partial charge in [0.05, 0.1) is 23.7 Å². The first kappa shape index (κ1) is 21.3. The highest BCUT2D eigenvalue weighted by molar-refractivity contribution is 5.82. The Morgan fingerprint density at radius 2 is 1.91 bits per heavy atom. The number of imidazole rings is 1. The minimum atomic E-state index is -2.88. The molecule has 0 saturated carbocycles. The summed E-state index contributed by atoms with van der Waals surface area (Å²) >= 11 is 0. The van der Waals surface area contributed by atoms with Gasteiger partial charge in [-0.2, -0.15) is 8.78 Å². The first-order chi connectivity index (χ1) is 16.0. The molecule has 1 atom stereocenters. The maximum Gasteiger partial charge on any atom is 0.387 e. The number of para-hydroxylation sites is 1. The molecule has 1 aliphatic rings. The van der Waals surface area contributed by atoms with Gasteiger partial charge in [-0.05, 0) is 37.1 Å². The van der Waals surface area contributed by atoms with Gasteiger partial charge in [-0.25, -0.2) is 15.0 Å². The molecule has 1 N–H and O–H groups in total. The molecule has 0 amide bonds. The van der Waals surface area contributed by atoms with Crippen LogP contribution in [0.3, 0.4) is 0 Å². The summed E-state index contributed by atoms with van der Waals surface area (Å²) in [6, 6.07) is 12.7.